The topological polar surface area (TPSA) is 156 Å². The monoisotopic (exact) mass is 226 g/mol. The second-order valence-corrected chi connectivity index (χ2v) is 1.87. The molecule has 1 aromatic rings. The van der Waals surface area contributed by atoms with E-state index in [1.807, 2.05) is 12.9 Å². The molecule has 0 heterocycles. The lowest BCUT2D eigenvalue weighted by molar-refractivity contribution is -0.0979. The average Bonchev–Trinajstić information content (AvgIpc) is 2.22. The van der Waals surface area contributed by atoms with Crippen molar-refractivity contribution in [1.82, 2.24) is 0 Å². The van der Waals surface area contributed by atoms with Crippen molar-refractivity contribution in [1.29, 1.82) is 5.26 Å². The van der Waals surface area contributed by atoms with Crippen LogP contribution in [0.4, 0.5) is 4.79 Å². The highest BCUT2D eigenvalue weighted by molar-refractivity contribution is 5.69. The van der Waals surface area contributed by atoms with Gasteiger partial charge in [-0.1, -0.05) is 18.2 Å². The number of nitrogens with two attached hydrogens (primary N) is 3. The minimum atomic E-state index is -0.833. The van der Waals surface area contributed by atoms with Crippen LogP contribution in [0.3, 0.4) is 0 Å². The Morgan fingerprint density at radius 1 is 1.25 bits per heavy atom. The second-order valence-electron chi connectivity index (χ2n) is 1.87. The SMILES string of the molecule is C=O.N#CN.NC(N)=O.Oc1ccccc1. The second kappa shape index (κ2) is 18.1. The fourth-order valence-electron chi connectivity index (χ4n) is 0.428. The van der Waals surface area contributed by atoms with E-state index in [0.717, 1.165) is 0 Å². The molecule has 0 spiro atoms. The molecule has 7 heteroatoms. The van der Waals surface area contributed by atoms with E-state index in [-0.39, 0.29) is 0 Å². The highest BCUT2D eigenvalue weighted by Crippen LogP contribution is 2.02. The van der Waals surface area contributed by atoms with Crippen molar-refractivity contribution in [3.63, 3.8) is 0 Å². The van der Waals surface area contributed by atoms with Gasteiger partial charge in [-0.05, 0) is 12.1 Å². The van der Waals surface area contributed by atoms with Gasteiger partial charge in [0.05, 0.1) is 0 Å². The van der Waals surface area contributed by atoms with Crippen LogP contribution in [0.15, 0.2) is 30.3 Å². The van der Waals surface area contributed by atoms with Crippen LogP contribution < -0.4 is 17.2 Å². The summed E-state index contributed by atoms with van der Waals surface area (Å²) in [6.45, 7) is 2.00. The Labute approximate surface area is 93.1 Å². The fourth-order valence-corrected chi connectivity index (χ4v) is 0.428. The van der Waals surface area contributed by atoms with Crippen LogP contribution in [-0.2, 0) is 4.79 Å². The molecular weight excluding hydrogens is 212 g/mol. The van der Waals surface area contributed by atoms with E-state index < -0.39 is 6.03 Å². The number of rotatable bonds is 0. The van der Waals surface area contributed by atoms with Crippen LogP contribution in [0.1, 0.15) is 0 Å². The maximum Gasteiger partial charge on any atom is 0.309 e. The number of primary amides is 2. The van der Waals surface area contributed by atoms with Gasteiger partial charge in [0.2, 0.25) is 0 Å². The molecule has 0 bridgehead atoms. The molecule has 0 aliphatic carbocycles. The van der Waals surface area contributed by atoms with Crippen LogP contribution in [0.25, 0.3) is 0 Å². The summed E-state index contributed by atoms with van der Waals surface area (Å²) >= 11 is 0. The first-order chi connectivity index (χ1) is 7.54. The lowest BCUT2D eigenvalue weighted by atomic mass is 10.3. The standard InChI is InChI=1S/C6H6O.CH4N2O.CH2N2.CH2O/c7-6-4-2-1-3-5-6;2-1(3)4;2-1-3;1-2/h1-5,7H;(H4,2,3,4);2H2;1H2. The van der Waals surface area contributed by atoms with Crippen molar-refractivity contribution in [2.45, 2.75) is 0 Å². The summed E-state index contributed by atoms with van der Waals surface area (Å²) in [5.41, 5.74) is 12.7. The zero-order chi connectivity index (χ0) is 13.4. The number of carbonyl (C=O) groups is 2. The first-order valence-corrected chi connectivity index (χ1v) is 3.72. The summed E-state index contributed by atoms with van der Waals surface area (Å²) in [5.74, 6) is 0.322. The lowest BCUT2D eigenvalue weighted by Crippen LogP contribution is -2.18. The summed E-state index contributed by atoms with van der Waals surface area (Å²) < 4.78 is 0. The third-order valence-corrected chi connectivity index (χ3v) is 0.756. The Morgan fingerprint density at radius 3 is 1.62 bits per heavy atom. The first-order valence-electron chi connectivity index (χ1n) is 3.72. The molecule has 0 aliphatic rings. The molecule has 88 valence electrons. The molecule has 1 rings (SSSR count). The Bertz CT molecular complexity index is 293. The minimum absolute atomic E-state index is 0.322. The smallest absolute Gasteiger partial charge is 0.309 e. The number of hydrogen-bond acceptors (Lipinski definition) is 5. The number of urea groups is 1. The Kier molecular flexibility index (Phi) is 21.4. The maximum absolute atomic E-state index is 9.00. The third kappa shape index (κ3) is 42.9. The molecular formula is C9H14N4O3. The Balaban J connectivity index is -0.000000163. The van der Waals surface area contributed by atoms with E-state index in [9.17, 15) is 0 Å². The molecule has 0 radical (unpaired) electrons. The van der Waals surface area contributed by atoms with E-state index in [1.165, 1.54) is 6.19 Å². The van der Waals surface area contributed by atoms with Crippen molar-refractivity contribution in [3.8, 4) is 11.9 Å². The maximum atomic E-state index is 9.00. The molecule has 2 amide bonds. The molecule has 0 aromatic heterocycles. The molecule has 16 heavy (non-hydrogen) atoms. The minimum Gasteiger partial charge on any atom is -0.508 e. The van der Waals surface area contributed by atoms with Crippen LogP contribution >= 0.6 is 0 Å². The van der Waals surface area contributed by atoms with Gasteiger partial charge in [0.25, 0.3) is 0 Å². The molecule has 0 fully saturated rings. The Morgan fingerprint density at radius 2 is 1.50 bits per heavy atom. The molecule has 7 nitrogen and oxygen atoms in total. The number of aromatic hydroxyl groups is 1. The molecule has 1 aromatic carbocycles. The van der Waals surface area contributed by atoms with Crippen molar-refractivity contribution in [2.75, 3.05) is 0 Å². The normalized spacial score (nSPS) is 5.94. The number of hydrogen-bond donors (Lipinski definition) is 4. The van der Waals surface area contributed by atoms with Gasteiger partial charge in [-0.15, -0.1) is 0 Å². The van der Waals surface area contributed by atoms with E-state index in [0.29, 0.717) is 5.75 Å². The molecule has 0 atom stereocenters. The van der Waals surface area contributed by atoms with Gasteiger partial charge in [-0.2, -0.15) is 5.26 Å². The molecule has 0 saturated carbocycles. The highest BCUT2D eigenvalue weighted by Gasteiger charge is 1.74. The van der Waals surface area contributed by atoms with Crippen LogP contribution in [0, 0.1) is 11.5 Å². The van der Waals surface area contributed by atoms with Gasteiger partial charge in [-0.3, -0.25) is 0 Å². The number of amides is 2. The molecule has 7 N–H and O–H groups in total. The van der Waals surface area contributed by atoms with Crippen LogP contribution in [-0.4, -0.2) is 17.9 Å². The van der Waals surface area contributed by atoms with Crippen molar-refractivity contribution in [2.24, 2.45) is 17.2 Å². The lowest BCUT2D eigenvalue weighted by Gasteiger charge is -1.82. The Hall–Kier alpha value is -2.75. The summed E-state index contributed by atoms with van der Waals surface area (Å²) in [4.78, 5) is 17.0. The molecule has 0 unspecified atom stereocenters. The summed E-state index contributed by atoms with van der Waals surface area (Å²) in [5, 5.41) is 15.7. The quantitative estimate of drug-likeness (QED) is 0.351. The van der Waals surface area contributed by atoms with E-state index in [4.69, 9.17) is 20.0 Å². The number of benzene rings is 1. The predicted molar refractivity (Wildman–Crippen MR) is 58.8 cm³/mol. The largest absolute Gasteiger partial charge is 0.508 e. The highest BCUT2D eigenvalue weighted by atomic mass is 16.3. The van der Waals surface area contributed by atoms with E-state index in [1.54, 1.807) is 24.3 Å². The van der Waals surface area contributed by atoms with Gasteiger partial charge in [0.1, 0.15) is 12.5 Å². The first kappa shape index (κ1) is 18.9. The van der Waals surface area contributed by atoms with Crippen LogP contribution in [0.2, 0.25) is 0 Å². The van der Waals surface area contributed by atoms with Gasteiger partial charge in [0, 0.05) is 0 Å². The third-order valence-electron chi connectivity index (χ3n) is 0.756. The number of carbonyl (C=O) groups excluding carboxylic acids is 2. The van der Waals surface area contributed by atoms with Crippen LogP contribution in [0.5, 0.6) is 5.75 Å². The van der Waals surface area contributed by atoms with Gasteiger partial charge < -0.3 is 27.1 Å². The zero-order valence-corrected chi connectivity index (χ0v) is 8.54. The average molecular weight is 226 g/mol. The van der Waals surface area contributed by atoms with Gasteiger partial charge >= 0.3 is 6.03 Å². The number of nitrogens with zero attached hydrogens (tertiary/aromatic N) is 1. The number of nitriles is 1. The summed E-state index contributed by atoms with van der Waals surface area (Å²) in [7, 11) is 0. The van der Waals surface area contributed by atoms with Gasteiger partial charge in [-0.25, -0.2) is 4.79 Å². The summed E-state index contributed by atoms with van der Waals surface area (Å²) in [6, 6.07) is 7.88. The van der Waals surface area contributed by atoms with Crippen molar-refractivity contribution in [3.05, 3.63) is 30.3 Å². The van der Waals surface area contributed by atoms with Crippen molar-refractivity contribution < 1.29 is 14.7 Å². The number of phenolic OH excluding ortho intramolecular Hbond substituents is 1. The fraction of sp³-hybridized carbons (Fsp3) is 0. The van der Waals surface area contributed by atoms with Gasteiger partial charge in [0.15, 0.2) is 6.19 Å². The number of para-hydroxylation sites is 1. The summed E-state index contributed by atoms with van der Waals surface area (Å²) in [6.07, 6.45) is 1.25. The predicted octanol–water partition coefficient (Wildman–Crippen LogP) is -0.343. The number of phenols is 1. The van der Waals surface area contributed by atoms with E-state index >= 15 is 0 Å². The molecule has 0 saturated heterocycles. The zero-order valence-electron chi connectivity index (χ0n) is 8.54. The van der Waals surface area contributed by atoms with E-state index in [2.05, 4.69) is 17.2 Å². The molecule has 0 aliphatic heterocycles. The van der Waals surface area contributed by atoms with Crippen molar-refractivity contribution >= 4 is 12.8 Å².